The molecule has 2 aromatic carbocycles. The molecule has 0 radical (unpaired) electrons. The van der Waals surface area contributed by atoms with Crippen molar-refractivity contribution in [3.63, 3.8) is 0 Å². The molecule has 5 rings (SSSR count). The third kappa shape index (κ3) is 3.32. The van der Waals surface area contributed by atoms with Crippen molar-refractivity contribution >= 4 is 28.4 Å². The van der Waals surface area contributed by atoms with Crippen molar-refractivity contribution in [3.8, 4) is 0 Å². The van der Waals surface area contributed by atoms with Crippen molar-refractivity contribution in [2.45, 2.75) is 32.0 Å². The molecule has 0 saturated carbocycles. The highest BCUT2D eigenvalue weighted by molar-refractivity contribution is 6.31. The van der Waals surface area contributed by atoms with Crippen LogP contribution in [0.5, 0.6) is 0 Å². The average molecular weight is 409 g/mol. The van der Waals surface area contributed by atoms with E-state index in [0.717, 1.165) is 42.6 Å². The van der Waals surface area contributed by atoms with Crippen LogP contribution in [0, 0.1) is 0 Å². The number of piperidine rings is 1. The first-order valence-corrected chi connectivity index (χ1v) is 10.3. The van der Waals surface area contributed by atoms with Crippen LogP contribution in [0.1, 0.15) is 34.3 Å². The molecule has 0 aliphatic carbocycles. The third-order valence-corrected chi connectivity index (χ3v) is 6.09. The van der Waals surface area contributed by atoms with Gasteiger partial charge in [-0.15, -0.1) is 0 Å². The zero-order valence-corrected chi connectivity index (χ0v) is 16.7. The number of fused-ring (bicyclic) bond motifs is 2. The summed E-state index contributed by atoms with van der Waals surface area (Å²) in [6.45, 7) is 2.91. The number of nitrogens with zero attached hydrogens (tertiary/aromatic N) is 3. The normalized spacial score (nSPS) is 19.0. The molecular formula is C22H21ClN4O2. The van der Waals surface area contributed by atoms with Gasteiger partial charge in [0.25, 0.3) is 11.5 Å². The molecule has 2 aliphatic heterocycles. The molecule has 1 atom stereocenters. The highest BCUT2D eigenvalue weighted by Gasteiger charge is 2.33. The van der Waals surface area contributed by atoms with E-state index in [1.54, 1.807) is 29.1 Å². The van der Waals surface area contributed by atoms with Crippen LogP contribution >= 0.6 is 11.6 Å². The van der Waals surface area contributed by atoms with E-state index in [9.17, 15) is 9.59 Å². The number of hydrogen-bond acceptors (Lipinski definition) is 4. The quantitative estimate of drug-likeness (QED) is 0.723. The summed E-state index contributed by atoms with van der Waals surface area (Å²) in [6.07, 6.45) is 3.70. The molecule has 0 bridgehead atoms. The fourth-order valence-electron chi connectivity index (χ4n) is 4.33. The van der Waals surface area contributed by atoms with Crippen molar-refractivity contribution < 1.29 is 4.79 Å². The fourth-order valence-corrected chi connectivity index (χ4v) is 4.50. The lowest BCUT2D eigenvalue weighted by molar-refractivity contribution is 0.0674. The zero-order valence-electron chi connectivity index (χ0n) is 15.9. The number of amides is 1. The standard InChI is InChI=1S/C22H21ClN4O2/c23-16-4-6-20-19(9-16)21(28)26(13-25-20)11-14-3-5-18-15(8-14)12-27(22(18)29)17-2-1-7-24-10-17/h3-6,8-9,13,17,24H,1-2,7,10-12H2. The molecule has 1 fully saturated rings. The smallest absolute Gasteiger partial charge is 0.261 e. The minimum atomic E-state index is -0.121. The number of benzene rings is 2. The molecule has 0 spiro atoms. The van der Waals surface area contributed by atoms with E-state index in [2.05, 4.69) is 10.3 Å². The maximum Gasteiger partial charge on any atom is 0.261 e. The van der Waals surface area contributed by atoms with E-state index in [-0.39, 0.29) is 17.5 Å². The molecular weight excluding hydrogens is 388 g/mol. The number of aromatic nitrogens is 2. The van der Waals surface area contributed by atoms with Gasteiger partial charge in [0.1, 0.15) is 0 Å². The van der Waals surface area contributed by atoms with Gasteiger partial charge in [-0.3, -0.25) is 14.2 Å². The summed E-state index contributed by atoms with van der Waals surface area (Å²) in [7, 11) is 0. The largest absolute Gasteiger partial charge is 0.330 e. The Kier molecular flexibility index (Phi) is 4.60. The molecule has 29 heavy (non-hydrogen) atoms. The second-order valence-corrected chi connectivity index (χ2v) is 8.20. The van der Waals surface area contributed by atoms with E-state index in [0.29, 0.717) is 29.0 Å². The van der Waals surface area contributed by atoms with E-state index < -0.39 is 0 Å². The average Bonchev–Trinajstić information content (AvgIpc) is 3.07. The highest BCUT2D eigenvalue weighted by atomic mass is 35.5. The fraction of sp³-hybridized carbons (Fsp3) is 0.318. The Morgan fingerprint density at radius 1 is 1.17 bits per heavy atom. The lowest BCUT2D eigenvalue weighted by Crippen LogP contribution is -2.46. The first-order chi connectivity index (χ1) is 14.1. The second-order valence-electron chi connectivity index (χ2n) is 7.76. The van der Waals surface area contributed by atoms with Gasteiger partial charge in [-0.1, -0.05) is 23.7 Å². The van der Waals surface area contributed by atoms with Crippen LogP contribution in [0.3, 0.4) is 0 Å². The summed E-state index contributed by atoms with van der Waals surface area (Å²) in [5, 5.41) is 4.40. The Labute approximate surface area is 173 Å². The minimum Gasteiger partial charge on any atom is -0.330 e. The van der Waals surface area contributed by atoms with Gasteiger partial charge in [0, 0.05) is 29.7 Å². The summed E-state index contributed by atoms with van der Waals surface area (Å²) in [5.41, 5.74) is 3.29. The SMILES string of the molecule is O=C1c2ccc(Cn3cnc4ccc(Cl)cc4c3=O)cc2CN1C1CCCNC1. The molecule has 3 aromatic rings. The van der Waals surface area contributed by atoms with Crippen LogP contribution in [0.15, 0.2) is 47.5 Å². The van der Waals surface area contributed by atoms with Crippen LogP contribution in [-0.2, 0) is 13.1 Å². The van der Waals surface area contributed by atoms with Gasteiger partial charge in [0.2, 0.25) is 0 Å². The Hall–Kier alpha value is -2.70. The van der Waals surface area contributed by atoms with Gasteiger partial charge in [0.15, 0.2) is 0 Å². The Morgan fingerprint density at radius 2 is 2.07 bits per heavy atom. The highest BCUT2D eigenvalue weighted by Crippen LogP contribution is 2.28. The molecule has 3 heterocycles. The van der Waals surface area contributed by atoms with Crippen LogP contribution < -0.4 is 10.9 Å². The summed E-state index contributed by atoms with van der Waals surface area (Å²) in [6, 6.07) is 11.2. The van der Waals surface area contributed by atoms with Gasteiger partial charge in [-0.2, -0.15) is 0 Å². The number of halogens is 1. The molecule has 1 aromatic heterocycles. The van der Waals surface area contributed by atoms with Crippen molar-refractivity contribution in [2.24, 2.45) is 0 Å². The molecule has 1 amide bonds. The number of carbonyl (C=O) groups excluding carboxylic acids is 1. The van der Waals surface area contributed by atoms with Gasteiger partial charge in [-0.25, -0.2) is 4.98 Å². The number of rotatable bonds is 3. The predicted octanol–water partition coefficient (Wildman–Crippen LogP) is 2.81. The lowest BCUT2D eigenvalue weighted by atomic mass is 10.1. The van der Waals surface area contributed by atoms with Gasteiger partial charge in [0.05, 0.1) is 23.8 Å². The molecule has 7 heteroatoms. The maximum absolute atomic E-state index is 12.8. The summed E-state index contributed by atoms with van der Waals surface area (Å²) in [5.74, 6) is 0.111. The van der Waals surface area contributed by atoms with E-state index >= 15 is 0 Å². The predicted molar refractivity (Wildman–Crippen MR) is 112 cm³/mol. The van der Waals surface area contributed by atoms with Crippen LogP contribution in [0.4, 0.5) is 0 Å². The number of nitrogens with one attached hydrogen (secondary N) is 1. The van der Waals surface area contributed by atoms with Crippen LogP contribution in [0.2, 0.25) is 5.02 Å². The first kappa shape index (κ1) is 18.3. The van der Waals surface area contributed by atoms with E-state index in [1.807, 2.05) is 23.1 Å². The minimum absolute atomic E-state index is 0.111. The van der Waals surface area contributed by atoms with Gasteiger partial charge in [-0.05, 0) is 54.8 Å². The lowest BCUT2D eigenvalue weighted by Gasteiger charge is -2.31. The Bertz CT molecular complexity index is 1170. The molecule has 1 unspecified atom stereocenters. The first-order valence-electron chi connectivity index (χ1n) is 9.88. The molecule has 148 valence electrons. The molecule has 6 nitrogen and oxygen atoms in total. The Balaban J connectivity index is 1.42. The summed E-state index contributed by atoms with van der Waals surface area (Å²) >= 11 is 6.04. The van der Waals surface area contributed by atoms with Crippen molar-refractivity contribution in [3.05, 3.63) is 74.8 Å². The summed E-state index contributed by atoms with van der Waals surface area (Å²) < 4.78 is 1.58. The molecule has 1 N–H and O–H groups in total. The van der Waals surface area contributed by atoms with Crippen LogP contribution in [0.25, 0.3) is 10.9 Å². The molecule has 2 aliphatic rings. The number of carbonyl (C=O) groups is 1. The third-order valence-electron chi connectivity index (χ3n) is 5.85. The summed E-state index contributed by atoms with van der Waals surface area (Å²) in [4.78, 5) is 32.0. The van der Waals surface area contributed by atoms with E-state index in [1.165, 1.54) is 0 Å². The van der Waals surface area contributed by atoms with Crippen molar-refractivity contribution in [2.75, 3.05) is 13.1 Å². The van der Waals surface area contributed by atoms with Crippen molar-refractivity contribution in [1.29, 1.82) is 0 Å². The monoisotopic (exact) mass is 408 g/mol. The molecule has 1 saturated heterocycles. The van der Waals surface area contributed by atoms with Gasteiger partial charge >= 0.3 is 0 Å². The van der Waals surface area contributed by atoms with Crippen LogP contribution in [-0.4, -0.2) is 39.5 Å². The van der Waals surface area contributed by atoms with Crippen molar-refractivity contribution in [1.82, 2.24) is 19.8 Å². The van der Waals surface area contributed by atoms with Gasteiger partial charge < -0.3 is 10.2 Å². The van der Waals surface area contributed by atoms with E-state index in [4.69, 9.17) is 11.6 Å². The Morgan fingerprint density at radius 3 is 2.90 bits per heavy atom. The topological polar surface area (TPSA) is 67.2 Å². The maximum atomic E-state index is 12.8. The second kappa shape index (κ2) is 7.28. The number of hydrogen-bond donors (Lipinski definition) is 1. The zero-order chi connectivity index (χ0) is 20.0.